The fourth-order valence-corrected chi connectivity index (χ4v) is 2.25. The summed E-state index contributed by atoms with van der Waals surface area (Å²) in [6, 6.07) is 11.2. The van der Waals surface area contributed by atoms with Gasteiger partial charge in [-0.1, -0.05) is 43.2 Å². The molecule has 0 spiro atoms. The molecule has 1 aromatic rings. The van der Waals surface area contributed by atoms with E-state index in [1.54, 1.807) is 0 Å². The smallest absolute Gasteiger partial charge is 0.0545 e. The van der Waals surface area contributed by atoms with Crippen molar-refractivity contribution >= 4 is 11.8 Å². The van der Waals surface area contributed by atoms with Gasteiger partial charge in [-0.2, -0.15) is 0 Å². The minimum absolute atomic E-state index is 0.573. The summed E-state index contributed by atoms with van der Waals surface area (Å²) in [5, 5.41) is 3.59. The maximum atomic E-state index is 5.21. The molecule has 0 aromatic heterocycles. The van der Waals surface area contributed by atoms with E-state index in [1.807, 2.05) is 11.8 Å². The summed E-state index contributed by atoms with van der Waals surface area (Å²) < 4.78 is 0. The molecule has 0 fully saturated rings. The lowest BCUT2D eigenvalue weighted by molar-refractivity contribution is 0.512. The van der Waals surface area contributed by atoms with E-state index in [2.05, 4.69) is 48.5 Å². The summed E-state index contributed by atoms with van der Waals surface area (Å²) >= 11 is 1.81. The zero-order chi connectivity index (χ0) is 12.3. The van der Waals surface area contributed by atoms with Crippen LogP contribution in [0.2, 0.25) is 0 Å². The predicted octanol–water partition coefficient (Wildman–Crippen LogP) is 2.96. The molecule has 0 saturated heterocycles. The average Bonchev–Trinajstić information content (AvgIpc) is 2.38. The standard InChI is InChI=1S/C15H21NS/c1-3-11-17-12-10-16-15(4-2)13-14-8-6-5-7-9-14/h1,5-9,15-16H,4,10-13H2,2H3. The van der Waals surface area contributed by atoms with Crippen LogP contribution in [0.15, 0.2) is 30.3 Å². The number of rotatable bonds is 8. The number of terminal acetylenes is 1. The summed E-state index contributed by atoms with van der Waals surface area (Å²) in [7, 11) is 0. The van der Waals surface area contributed by atoms with Crippen LogP contribution >= 0.6 is 11.8 Å². The third kappa shape index (κ3) is 6.41. The van der Waals surface area contributed by atoms with E-state index in [9.17, 15) is 0 Å². The third-order valence-electron chi connectivity index (χ3n) is 2.68. The molecule has 1 N–H and O–H groups in total. The lowest BCUT2D eigenvalue weighted by Gasteiger charge is -2.16. The van der Waals surface area contributed by atoms with E-state index in [4.69, 9.17) is 6.42 Å². The second-order valence-corrected chi connectivity index (χ2v) is 5.11. The number of thioether (sulfide) groups is 1. The summed E-state index contributed by atoms with van der Waals surface area (Å²) in [6.45, 7) is 3.27. The fourth-order valence-electron chi connectivity index (χ4n) is 1.73. The molecule has 1 rings (SSSR count). The topological polar surface area (TPSA) is 12.0 Å². The predicted molar refractivity (Wildman–Crippen MR) is 78.4 cm³/mol. The Morgan fingerprint density at radius 1 is 1.35 bits per heavy atom. The molecule has 1 aromatic carbocycles. The van der Waals surface area contributed by atoms with E-state index in [-0.39, 0.29) is 0 Å². The van der Waals surface area contributed by atoms with Crippen LogP contribution in [0, 0.1) is 12.3 Å². The van der Waals surface area contributed by atoms with Crippen molar-refractivity contribution in [3.05, 3.63) is 35.9 Å². The Balaban J connectivity index is 2.22. The van der Waals surface area contributed by atoms with Crippen molar-refractivity contribution in [2.45, 2.75) is 25.8 Å². The molecule has 0 heterocycles. The van der Waals surface area contributed by atoms with Gasteiger partial charge in [0.2, 0.25) is 0 Å². The quantitative estimate of drug-likeness (QED) is 0.560. The van der Waals surface area contributed by atoms with Gasteiger partial charge in [0.15, 0.2) is 0 Å². The Hall–Kier alpha value is -0.910. The van der Waals surface area contributed by atoms with Crippen LogP contribution < -0.4 is 5.32 Å². The van der Waals surface area contributed by atoms with E-state index in [0.717, 1.165) is 30.9 Å². The minimum atomic E-state index is 0.573. The molecule has 1 nitrogen and oxygen atoms in total. The Bertz CT molecular complexity index is 329. The lowest BCUT2D eigenvalue weighted by atomic mass is 10.0. The van der Waals surface area contributed by atoms with Crippen LogP contribution in [0.3, 0.4) is 0 Å². The maximum absolute atomic E-state index is 5.21. The van der Waals surface area contributed by atoms with Gasteiger partial charge >= 0.3 is 0 Å². The molecular weight excluding hydrogens is 226 g/mol. The highest BCUT2D eigenvalue weighted by atomic mass is 32.2. The summed E-state index contributed by atoms with van der Waals surface area (Å²) in [5.41, 5.74) is 1.41. The van der Waals surface area contributed by atoms with Crippen molar-refractivity contribution in [1.82, 2.24) is 5.32 Å². The number of nitrogens with one attached hydrogen (secondary N) is 1. The molecule has 0 bridgehead atoms. The molecular formula is C15H21NS. The van der Waals surface area contributed by atoms with E-state index in [0.29, 0.717) is 6.04 Å². The van der Waals surface area contributed by atoms with Crippen LogP contribution in [0.4, 0.5) is 0 Å². The van der Waals surface area contributed by atoms with E-state index >= 15 is 0 Å². The van der Waals surface area contributed by atoms with Crippen LogP contribution in [0.25, 0.3) is 0 Å². The zero-order valence-corrected chi connectivity index (χ0v) is 11.3. The molecule has 92 valence electrons. The Morgan fingerprint density at radius 3 is 2.76 bits per heavy atom. The highest BCUT2D eigenvalue weighted by Crippen LogP contribution is 2.06. The largest absolute Gasteiger partial charge is 0.313 e. The maximum Gasteiger partial charge on any atom is 0.0545 e. The Labute approximate surface area is 109 Å². The van der Waals surface area contributed by atoms with Crippen molar-refractivity contribution in [3.63, 3.8) is 0 Å². The van der Waals surface area contributed by atoms with Gasteiger partial charge in [-0.05, 0) is 18.4 Å². The third-order valence-corrected chi connectivity index (χ3v) is 3.55. The molecule has 17 heavy (non-hydrogen) atoms. The number of hydrogen-bond acceptors (Lipinski definition) is 2. The molecule has 0 aliphatic rings. The van der Waals surface area contributed by atoms with Crippen LogP contribution in [0.5, 0.6) is 0 Å². The first-order chi connectivity index (χ1) is 8.36. The normalized spacial score (nSPS) is 12.0. The summed E-state index contributed by atoms with van der Waals surface area (Å²) in [6.07, 6.45) is 7.48. The van der Waals surface area contributed by atoms with E-state index in [1.165, 1.54) is 5.56 Å². The monoisotopic (exact) mass is 247 g/mol. The number of benzene rings is 1. The lowest BCUT2D eigenvalue weighted by Crippen LogP contribution is -2.32. The van der Waals surface area contributed by atoms with Gasteiger partial charge < -0.3 is 5.32 Å². The van der Waals surface area contributed by atoms with Gasteiger partial charge in [-0.15, -0.1) is 18.2 Å². The molecule has 0 aliphatic carbocycles. The molecule has 0 amide bonds. The second-order valence-electron chi connectivity index (χ2n) is 4.01. The number of hydrogen-bond donors (Lipinski definition) is 1. The van der Waals surface area contributed by atoms with Crippen molar-refractivity contribution in [2.75, 3.05) is 18.1 Å². The summed E-state index contributed by atoms with van der Waals surface area (Å²) in [4.78, 5) is 0. The van der Waals surface area contributed by atoms with Crippen molar-refractivity contribution in [2.24, 2.45) is 0 Å². The molecule has 1 atom stereocenters. The van der Waals surface area contributed by atoms with Gasteiger partial charge in [-0.3, -0.25) is 0 Å². The van der Waals surface area contributed by atoms with Crippen molar-refractivity contribution in [3.8, 4) is 12.3 Å². The van der Waals surface area contributed by atoms with Gasteiger partial charge in [0.25, 0.3) is 0 Å². The van der Waals surface area contributed by atoms with Crippen LogP contribution in [-0.2, 0) is 6.42 Å². The Morgan fingerprint density at radius 2 is 2.12 bits per heavy atom. The first kappa shape index (κ1) is 14.2. The van der Waals surface area contributed by atoms with Gasteiger partial charge in [-0.25, -0.2) is 0 Å². The highest BCUT2D eigenvalue weighted by molar-refractivity contribution is 7.99. The molecule has 0 radical (unpaired) electrons. The first-order valence-electron chi connectivity index (χ1n) is 6.15. The Kier molecular flexibility index (Phi) is 7.62. The van der Waals surface area contributed by atoms with Crippen molar-refractivity contribution < 1.29 is 0 Å². The van der Waals surface area contributed by atoms with Gasteiger partial charge in [0.05, 0.1) is 5.75 Å². The summed E-state index contributed by atoms with van der Waals surface area (Å²) in [5.74, 6) is 4.55. The first-order valence-corrected chi connectivity index (χ1v) is 7.30. The highest BCUT2D eigenvalue weighted by Gasteiger charge is 2.05. The molecule has 0 aliphatic heterocycles. The molecule has 2 heteroatoms. The second kappa shape index (κ2) is 9.15. The fraction of sp³-hybridized carbons (Fsp3) is 0.467. The average molecular weight is 247 g/mol. The minimum Gasteiger partial charge on any atom is -0.313 e. The zero-order valence-electron chi connectivity index (χ0n) is 10.5. The van der Waals surface area contributed by atoms with Crippen molar-refractivity contribution in [1.29, 1.82) is 0 Å². The molecule has 1 unspecified atom stereocenters. The van der Waals surface area contributed by atoms with Crippen LogP contribution in [0.1, 0.15) is 18.9 Å². The van der Waals surface area contributed by atoms with E-state index < -0.39 is 0 Å². The molecule has 0 saturated carbocycles. The SMILES string of the molecule is C#CCSCCNC(CC)Cc1ccccc1. The van der Waals surface area contributed by atoms with Gasteiger partial charge in [0, 0.05) is 18.3 Å². The van der Waals surface area contributed by atoms with Crippen LogP contribution in [-0.4, -0.2) is 24.1 Å². The van der Waals surface area contributed by atoms with Gasteiger partial charge in [0.1, 0.15) is 0 Å².